The van der Waals surface area contributed by atoms with Crippen molar-refractivity contribution in [3.05, 3.63) is 65.4 Å². The number of rotatable bonds is 9. The van der Waals surface area contributed by atoms with Gasteiger partial charge in [0.15, 0.2) is 15.8 Å². The molecular weight excluding hydrogens is 514 g/mol. The van der Waals surface area contributed by atoms with E-state index in [1.807, 2.05) is 49.4 Å². The number of thioether (sulfide) groups is 1. The van der Waals surface area contributed by atoms with Gasteiger partial charge < -0.3 is 19.5 Å². The van der Waals surface area contributed by atoms with Crippen LogP contribution in [0.5, 0.6) is 11.5 Å². The molecule has 0 fully saturated rings. The van der Waals surface area contributed by atoms with Crippen LogP contribution < -0.4 is 14.8 Å². The van der Waals surface area contributed by atoms with Gasteiger partial charge >= 0.3 is 5.97 Å². The zero-order valence-electron chi connectivity index (χ0n) is 20.2. The summed E-state index contributed by atoms with van der Waals surface area (Å²) in [4.78, 5) is 13.1. The number of hydrogen-bond donors (Lipinski definition) is 1. The van der Waals surface area contributed by atoms with E-state index in [9.17, 15) is 4.79 Å². The van der Waals surface area contributed by atoms with E-state index in [1.165, 1.54) is 30.2 Å². The van der Waals surface area contributed by atoms with Crippen LogP contribution in [-0.4, -0.2) is 63.0 Å². The smallest absolute Gasteiger partial charge is 0.338 e. The second kappa shape index (κ2) is 11.0. The highest BCUT2D eigenvalue weighted by Gasteiger charge is 2.36. The second-order valence-corrected chi connectivity index (χ2v) is 9.93. The maximum atomic E-state index is 13.1. The Morgan fingerprint density at radius 2 is 1.95 bits per heavy atom. The Kier molecular flexibility index (Phi) is 7.32. The first kappa shape index (κ1) is 24.7. The summed E-state index contributed by atoms with van der Waals surface area (Å²) in [7, 11) is 2.93. The van der Waals surface area contributed by atoms with Crippen molar-refractivity contribution in [2.24, 2.45) is 0 Å². The van der Waals surface area contributed by atoms with Gasteiger partial charge in [-0.3, -0.25) is 0 Å². The molecule has 2 aromatic heterocycles. The van der Waals surface area contributed by atoms with E-state index in [0.717, 1.165) is 20.5 Å². The summed E-state index contributed by atoms with van der Waals surface area (Å²) >= 11 is 2.94. The number of fused-ring (bicyclic) bond motifs is 1. The molecule has 1 unspecified atom stereocenters. The van der Waals surface area contributed by atoms with Gasteiger partial charge in [0.05, 0.1) is 26.4 Å². The zero-order valence-corrected chi connectivity index (χ0v) is 21.9. The highest BCUT2D eigenvalue weighted by atomic mass is 32.2. The Hall–Kier alpha value is -3.97. The van der Waals surface area contributed by atoms with E-state index >= 15 is 0 Å². The van der Waals surface area contributed by atoms with Gasteiger partial charge in [0.2, 0.25) is 5.95 Å². The Morgan fingerprint density at radius 1 is 1.11 bits per heavy atom. The number of carbonyl (C=O) groups excluding carboxylic acids is 1. The van der Waals surface area contributed by atoms with Crippen LogP contribution in [0.1, 0.15) is 18.5 Å². The molecule has 37 heavy (non-hydrogen) atoms. The van der Waals surface area contributed by atoms with Crippen LogP contribution in [-0.2, 0) is 9.53 Å². The van der Waals surface area contributed by atoms with Crippen molar-refractivity contribution in [2.45, 2.75) is 17.3 Å². The molecule has 1 aliphatic rings. The highest BCUT2D eigenvalue weighted by molar-refractivity contribution is 8.01. The van der Waals surface area contributed by atoms with Crippen LogP contribution >= 0.6 is 23.1 Å². The molecule has 1 aliphatic heterocycles. The molecule has 3 heterocycles. The van der Waals surface area contributed by atoms with Gasteiger partial charge in [0.1, 0.15) is 11.0 Å². The number of esters is 1. The van der Waals surface area contributed by atoms with Crippen LogP contribution in [0, 0.1) is 0 Å². The average molecular weight is 538 g/mol. The van der Waals surface area contributed by atoms with E-state index in [1.54, 1.807) is 17.9 Å². The van der Waals surface area contributed by atoms with Crippen LogP contribution in [0.4, 0.5) is 5.95 Å². The fraction of sp³-hybridized carbons (Fsp3) is 0.250. The monoisotopic (exact) mass is 537 g/mol. The standard InChI is InChI=1S/C24H23N7O4S2/c1-4-35-18-12-15(10-11-17(18)33-2)20-19(22(32)34-3)16(25-23-27-29-30-31(20)23)13-36-24-28-26-21(37-24)14-8-6-5-7-9-14/h5-12,20H,4,13H2,1-3H3,(H,25,27,30). The summed E-state index contributed by atoms with van der Waals surface area (Å²) < 4.78 is 18.7. The number of aromatic nitrogens is 6. The third kappa shape index (κ3) is 5.00. The molecule has 0 saturated carbocycles. The number of nitrogens with zero attached hydrogens (tertiary/aromatic N) is 6. The minimum atomic E-state index is -0.645. The SMILES string of the molecule is CCOc1cc(C2C(C(=O)OC)=C(CSc3nnc(-c4ccccc4)s3)Nc3nnnn32)ccc1OC. The highest BCUT2D eigenvalue weighted by Crippen LogP contribution is 2.40. The summed E-state index contributed by atoms with van der Waals surface area (Å²) in [5.74, 6) is 1.44. The van der Waals surface area contributed by atoms with Crippen molar-refractivity contribution in [1.82, 2.24) is 30.4 Å². The van der Waals surface area contributed by atoms with Crippen molar-refractivity contribution in [2.75, 3.05) is 31.9 Å². The number of methoxy groups -OCH3 is 2. The van der Waals surface area contributed by atoms with E-state index in [2.05, 4.69) is 31.0 Å². The molecule has 0 aliphatic carbocycles. The van der Waals surface area contributed by atoms with Gasteiger partial charge in [-0.25, -0.2) is 4.79 Å². The fourth-order valence-corrected chi connectivity index (χ4v) is 5.76. The van der Waals surface area contributed by atoms with Crippen molar-refractivity contribution in [3.8, 4) is 22.1 Å². The van der Waals surface area contributed by atoms with Gasteiger partial charge in [-0.2, -0.15) is 4.68 Å². The lowest BCUT2D eigenvalue weighted by Gasteiger charge is -2.28. The number of nitrogens with one attached hydrogen (secondary N) is 1. The molecule has 4 aromatic rings. The Bertz CT molecular complexity index is 1440. The van der Waals surface area contributed by atoms with Crippen LogP contribution in [0.3, 0.4) is 0 Å². The van der Waals surface area contributed by atoms with Crippen LogP contribution in [0.15, 0.2) is 64.1 Å². The minimum Gasteiger partial charge on any atom is -0.493 e. The summed E-state index contributed by atoms with van der Waals surface area (Å²) in [6, 6.07) is 14.7. The quantitative estimate of drug-likeness (QED) is 0.247. The van der Waals surface area contributed by atoms with Gasteiger partial charge in [0.25, 0.3) is 0 Å². The maximum absolute atomic E-state index is 13.1. The van der Waals surface area contributed by atoms with E-state index < -0.39 is 12.0 Å². The normalized spacial score (nSPS) is 14.6. The molecule has 2 aromatic carbocycles. The summed E-state index contributed by atoms with van der Waals surface area (Å²) in [5, 5.41) is 24.7. The zero-order chi connectivity index (χ0) is 25.8. The number of tetrazole rings is 1. The van der Waals surface area contributed by atoms with E-state index in [-0.39, 0.29) is 0 Å². The van der Waals surface area contributed by atoms with Gasteiger partial charge in [0, 0.05) is 17.0 Å². The van der Waals surface area contributed by atoms with Crippen LogP contribution in [0.2, 0.25) is 0 Å². The third-order valence-corrected chi connectivity index (χ3v) is 7.71. The maximum Gasteiger partial charge on any atom is 0.338 e. The first-order valence-corrected chi connectivity index (χ1v) is 13.1. The first-order valence-electron chi connectivity index (χ1n) is 11.3. The molecule has 13 heteroatoms. The number of ether oxygens (including phenoxy) is 3. The predicted octanol–water partition coefficient (Wildman–Crippen LogP) is 3.83. The lowest BCUT2D eigenvalue weighted by molar-refractivity contribution is -0.136. The lowest BCUT2D eigenvalue weighted by atomic mass is 9.95. The molecule has 11 nitrogen and oxygen atoms in total. The van der Waals surface area contributed by atoms with Gasteiger partial charge in [-0.05, 0) is 35.0 Å². The molecule has 1 atom stereocenters. The van der Waals surface area contributed by atoms with Crippen molar-refractivity contribution in [3.63, 3.8) is 0 Å². The van der Waals surface area contributed by atoms with Crippen LogP contribution in [0.25, 0.3) is 10.6 Å². The molecule has 1 N–H and O–H groups in total. The molecule has 0 spiro atoms. The molecule has 0 saturated heterocycles. The molecule has 5 rings (SSSR count). The Balaban J connectivity index is 1.51. The largest absolute Gasteiger partial charge is 0.493 e. The number of hydrogen-bond acceptors (Lipinski definition) is 12. The lowest BCUT2D eigenvalue weighted by Crippen LogP contribution is -2.31. The van der Waals surface area contributed by atoms with Crippen molar-refractivity contribution < 1.29 is 19.0 Å². The average Bonchev–Trinajstić information content (AvgIpc) is 3.61. The summed E-state index contributed by atoms with van der Waals surface area (Å²) in [6.07, 6.45) is 0. The van der Waals surface area contributed by atoms with Gasteiger partial charge in [-0.1, -0.05) is 64.6 Å². The topological polar surface area (TPSA) is 126 Å². The fourth-order valence-electron chi connectivity index (χ4n) is 3.94. The number of anilines is 1. The van der Waals surface area contributed by atoms with E-state index in [0.29, 0.717) is 41.1 Å². The number of benzene rings is 2. The summed E-state index contributed by atoms with van der Waals surface area (Å²) in [5.41, 5.74) is 2.75. The molecule has 0 amide bonds. The molecule has 0 bridgehead atoms. The van der Waals surface area contributed by atoms with Crippen molar-refractivity contribution in [1.29, 1.82) is 0 Å². The Morgan fingerprint density at radius 3 is 2.70 bits per heavy atom. The predicted molar refractivity (Wildman–Crippen MR) is 139 cm³/mol. The summed E-state index contributed by atoms with van der Waals surface area (Å²) in [6.45, 7) is 2.35. The second-order valence-electron chi connectivity index (χ2n) is 7.73. The van der Waals surface area contributed by atoms with Crippen molar-refractivity contribution >= 4 is 35.0 Å². The van der Waals surface area contributed by atoms with E-state index in [4.69, 9.17) is 14.2 Å². The minimum absolute atomic E-state index is 0.384. The first-order chi connectivity index (χ1) is 18.1. The van der Waals surface area contributed by atoms with Gasteiger partial charge in [-0.15, -0.1) is 10.2 Å². The number of carbonyl (C=O) groups is 1. The molecular formula is C24H23N7O4S2. The molecule has 190 valence electrons. The Labute approximate surface area is 220 Å². The molecule has 0 radical (unpaired) electrons. The third-order valence-electron chi connectivity index (χ3n) is 5.57.